The third-order valence-corrected chi connectivity index (χ3v) is 7.31. The molecule has 4 heterocycles. The summed E-state index contributed by atoms with van der Waals surface area (Å²) >= 11 is 6.94. The number of ether oxygens (including phenoxy) is 1. The summed E-state index contributed by atoms with van der Waals surface area (Å²) in [4.78, 5) is 36.6. The molecule has 1 unspecified atom stereocenters. The van der Waals surface area contributed by atoms with Crippen molar-refractivity contribution in [3.63, 3.8) is 0 Å². The average Bonchev–Trinajstić information content (AvgIpc) is 3.55. The highest BCUT2D eigenvalue weighted by atomic mass is 35.5. The minimum absolute atomic E-state index is 0.0988. The second kappa shape index (κ2) is 8.14. The summed E-state index contributed by atoms with van der Waals surface area (Å²) < 4.78 is 20.0. The lowest BCUT2D eigenvalue weighted by Crippen LogP contribution is -2.29. The van der Waals surface area contributed by atoms with Crippen molar-refractivity contribution < 1.29 is 23.8 Å². The molecule has 1 N–H and O–H groups in total. The van der Waals surface area contributed by atoms with E-state index >= 15 is 0 Å². The number of aromatic nitrogens is 2. The molecule has 35 heavy (non-hydrogen) atoms. The van der Waals surface area contributed by atoms with Gasteiger partial charge in [0.15, 0.2) is 5.13 Å². The number of fused-ring (bicyclic) bond motifs is 2. The second-order valence-corrected chi connectivity index (χ2v) is 9.49. The number of hydrogen-bond acceptors (Lipinski definition) is 7. The Hall–Kier alpha value is -3.82. The third-order valence-electron chi connectivity index (χ3n) is 6.00. The number of aliphatic hydroxyl groups is 1. The first-order valence-electron chi connectivity index (χ1n) is 10.7. The number of benzene rings is 2. The highest BCUT2D eigenvalue weighted by Gasteiger charge is 2.49. The van der Waals surface area contributed by atoms with Crippen molar-refractivity contribution in [1.82, 2.24) is 9.97 Å². The fourth-order valence-electron chi connectivity index (χ4n) is 4.35. The fourth-order valence-corrected chi connectivity index (χ4v) is 5.51. The highest BCUT2D eigenvalue weighted by molar-refractivity contribution is 7.22. The zero-order valence-electron chi connectivity index (χ0n) is 17.9. The van der Waals surface area contributed by atoms with Crippen LogP contribution in [-0.2, 0) is 16.0 Å². The van der Waals surface area contributed by atoms with Crippen molar-refractivity contribution in [1.29, 1.82) is 0 Å². The number of anilines is 1. The SMILES string of the molecule is O=C1C(=O)N(c2nc3cc(Cl)c(F)cc3s2)C(c2ccccn2)/C1=C(\O)c1ccc2c(c1)CCO2. The number of rotatable bonds is 3. The van der Waals surface area contributed by atoms with Crippen LogP contribution in [0.2, 0.25) is 5.02 Å². The summed E-state index contributed by atoms with van der Waals surface area (Å²) in [5.74, 6) is -1.93. The normalized spacial score (nSPS) is 18.8. The van der Waals surface area contributed by atoms with Gasteiger partial charge in [-0.25, -0.2) is 9.37 Å². The maximum absolute atomic E-state index is 14.0. The maximum Gasteiger partial charge on any atom is 0.301 e. The van der Waals surface area contributed by atoms with E-state index < -0.39 is 23.5 Å². The van der Waals surface area contributed by atoms with Crippen LogP contribution in [0.1, 0.15) is 22.9 Å². The Labute approximate surface area is 207 Å². The van der Waals surface area contributed by atoms with E-state index in [1.54, 1.807) is 36.4 Å². The van der Waals surface area contributed by atoms with Crippen LogP contribution >= 0.6 is 22.9 Å². The van der Waals surface area contributed by atoms with Crippen molar-refractivity contribution in [2.24, 2.45) is 0 Å². The Kier molecular flexibility index (Phi) is 5.05. The summed E-state index contributed by atoms with van der Waals surface area (Å²) in [5, 5.41) is 11.3. The molecule has 10 heteroatoms. The van der Waals surface area contributed by atoms with Gasteiger partial charge < -0.3 is 9.84 Å². The van der Waals surface area contributed by atoms with Gasteiger partial charge in [0.1, 0.15) is 23.4 Å². The number of Topliss-reactive ketones (excluding diaryl/α,β-unsaturated/α-hetero) is 1. The smallest absolute Gasteiger partial charge is 0.301 e. The first-order valence-corrected chi connectivity index (χ1v) is 11.9. The van der Waals surface area contributed by atoms with E-state index in [1.807, 2.05) is 0 Å². The van der Waals surface area contributed by atoms with Gasteiger partial charge in [-0.2, -0.15) is 0 Å². The first-order chi connectivity index (χ1) is 16.9. The predicted octanol–water partition coefficient (Wildman–Crippen LogP) is 5.05. The minimum atomic E-state index is -1.03. The van der Waals surface area contributed by atoms with Crippen LogP contribution in [0.3, 0.4) is 0 Å². The molecule has 2 aliphatic heterocycles. The van der Waals surface area contributed by atoms with Crippen molar-refractivity contribution in [2.45, 2.75) is 12.5 Å². The van der Waals surface area contributed by atoms with Gasteiger partial charge in [-0.05, 0) is 48.0 Å². The Balaban J connectivity index is 1.54. The molecule has 174 valence electrons. The number of aliphatic hydroxyl groups excluding tert-OH is 1. The van der Waals surface area contributed by atoms with Crippen LogP contribution in [0.5, 0.6) is 5.75 Å². The third kappa shape index (κ3) is 3.46. The molecule has 6 rings (SSSR count). The van der Waals surface area contributed by atoms with Crippen molar-refractivity contribution >= 4 is 55.7 Å². The van der Waals surface area contributed by atoms with Crippen molar-refractivity contribution in [2.75, 3.05) is 11.5 Å². The lowest BCUT2D eigenvalue weighted by Gasteiger charge is -2.22. The topological polar surface area (TPSA) is 92.6 Å². The summed E-state index contributed by atoms with van der Waals surface area (Å²) in [6.45, 7) is 0.542. The molecule has 1 fully saturated rings. The number of pyridine rings is 1. The Morgan fingerprint density at radius 1 is 1.20 bits per heavy atom. The van der Waals surface area contributed by atoms with Crippen LogP contribution in [-0.4, -0.2) is 33.4 Å². The summed E-state index contributed by atoms with van der Waals surface area (Å²) in [6, 6.07) is 11.8. The summed E-state index contributed by atoms with van der Waals surface area (Å²) in [7, 11) is 0. The molecular formula is C25H15ClFN3O4S. The van der Waals surface area contributed by atoms with Gasteiger partial charge in [-0.1, -0.05) is 29.0 Å². The number of ketones is 1. The number of carbonyl (C=O) groups is 2. The van der Waals surface area contributed by atoms with Gasteiger partial charge in [0.2, 0.25) is 0 Å². The average molecular weight is 508 g/mol. The largest absolute Gasteiger partial charge is 0.507 e. The Morgan fingerprint density at radius 2 is 2.06 bits per heavy atom. The van der Waals surface area contributed by atoms with Gasteiger partial charge in [-0.15, -0.1) is 0 Å². The molecule has 1 saturated heterocycles. The van der Waals surface area contributed by atoms with Crippen molar-refractivity contribution in [3.05, 3.63) is 88.0 Å². The van der Waals surface area contributed by atoms with Gasteiger partial charge in [-0.3, -0.25) is 19.5 Å². The number of nitrogens with zero attached hydrogens (tertiary/aromatic N) is 3. The van der Waals surface area contributed by atoms with Crippen molar-refractivity contribution in [3.8, 4) is 5.75 Å². The van der Waals surface area contributed by atoms with Crippen LogP contribution in [0.25, 0.3) is 16.0 Å². The quantitative estimate of drug-likeness (QED) is 0.237. The lowest BCUT2D eigenvalue weighted by atomic mass is 9.97. The molecule has 1 atom stereocenters. The number of thiazole rings is 1. The molecular weight excluding hydrogens is 493 g/mol. The van der Waals surface area contributed by atoms with Crippen LogP contribution in [0, 0.1) is 5.82 Å². The molecule has 1 amide bonds. The first kappa shape index (κ1) is 21.7. The van der Waals surface area contributed by atoms with Crippen LogP contribution < -0.4 is 9.64 Å². The molecule has 2 aromatic heterocycles. The number of halogens is 2. The standard InChI is InChI=1S/C25H15ClFN3O4S/c26-14-10-17-19(11-15(14)27)35-25(29-17)30-21(16-3-1-2-7-28-16)20(23(32)24(30)33)22(31)13-4-5-18-12(9-13)6-8-34-18/h1-5,7,9-11,21,31H,6,8H2/b22-20+. The molecule has 0 spiro atoms. The molecule has 0 saturated carbocycles. The van der Waals surface area contributed by atoms with Gasteiger partial charge in [0, 0.05) is 18.2 Å². The molecule has 2 aliphatic rings. The van der Waals surface area contributed by atoms with E-state index in [4.69, 9.17) is 16.3 Å². The van der Waals surface area contributed by atoms with E-state index in [0.29, 0.717) is 34.5 Å². The van der Waals surface area contributed by atoms with Gasteiger partial charge >= 0.3 is 5.91 Å². The maximum atomic E-state index is 14.0. The van der Waals surface area contributed by atoms with Crippen LogP contribution in [0.4, 0.5) is 9.52 Å². The van der Waals surface area contributed by atoms with E-state index in [0.717, 1.165) is 22.6 Å². The van der Waals surface area contributed by atoms with E-state index in [-0.39, 0.29) is 21.5 Å². The zero-order valence-corrected chi connectivity index (χ0v) is 19.4. The lowest BCUT2D eigenvalue weighted by molar-refractivity contribution is -0.132. The van der Waals surface area contributed by atoms with E-state index in [9.17, 15) is 19.1 Å². The predicted molar refractivity (Wildman–Crippen MR) is 129 cm³/mol. The molecule has 0 radical (unpaired) electrons. The fraction of sp³-hybridized carbons (Fsp3) is 0.120. The summed E-state index contributed by atoms with van der Waals surface area (Å²) in [6.07, 6.45) is 2.22. The minimum Gasteiger partial charge on any atom is -0.507 e. The van der Waals surface area contributed by atoms with Gasteiger partial charge in [0.05, 0.1) is 33.1 Å². The second-order valence-electron chi connectivity index (χ2n) is 8.08. The van der Waals surface area contributed by atoms with Gasteiger partial charge in [0.25, 0.3) is 5.78 Å². The van der Waals surface area contributed by atoms with E-state index in [1.165, 1.54) is 23.2 Å². The Morgan fingerprint density at radius 3 is 2.86 bits per heavy atom. The Bertz CT molecular complexity index is 1530. The van der Waals surface area contributed by atoms with Crippen LogP contribution in [0.15, 0.2) is 60.3 Å². The molecule has 0 bridgehead atoms. The number of hydrogen-bond donors (Lipinski definition) is 1. The zero-order chi connectivity index (χ0) is 24.3. The molecule has 2 aromatic carbocycles. The van der Waals surface area contributed by atoms with E-state index in [2.05, 4.69) is 9.97 Å². The number of amides is 1. The molecule has 0 aliphatic carbocycles. The highest BCUT2D eigenvalue weighted by Crippen LogP contribution is 2.44. The summed E-state index contributed by atoms with van der Waals surface area (Å²) in [5.41, 5.74) is 1.96. The monoisotopic (exact) mass is 507 g/mol. The molecule has 7 nitrogen and oxygen atoms in total. The number of carbonyl (C=O) groups excluding carboxylic acids is 2. The molecule has 4 aromatic rings.